The number of rotatable bonds is 5. The smallest absolute Gasteiger partial charge is 0.410 e. The Hall–Kier alpha value is -3.04. The maximum atomic E-state index is 15.4. The molecule has 2 heterocycles. The van der Waals surface area contributed by atoms with Crippen molar-refractivity contribution in [2.45, 2.75) is 78.2 Å². The van der Waals surface area contributed by atoms with Crippen LogP contribution < -0.4 is 5.32 Å². The van der Waals surface area contributed by atoms with E-state index in [1.54, 1.807) is 25.5 Å². The maximum absolute atomic E-state index is 15.4. The van der Waals surface area contributed by atoms with Crippen molar-refractivity contribution in [1.29, 1.82) is 0 Å². The van der Waals surface area contributed by atoms with E-state index in [2.05, 4.69) is 10.4 Å². The number of hydrogen-bond donors (Lipinski definition) is 1. The number of carbonyl (C=O) groups is 2. The molecule has 0 radical (unpaired) electrons. The summed E-state index contributed by atoms with van der Waals surface area (Å²) >= 11 is 12.9. The van der Waals surface area contributed by atoms with Gasteiger partial charge in [0.05, 0.1) is 27.6 Å². The predicted octanol–water partition coefficient (Wildman–Crippen LogP) is 7.08. The van der Waals surface area contributed by atoms with Crippen LogP contribution in [0.25, 0.3) is 10.9 Å². The molecule has 1 atom stereocenters. The van der Waals surface area contributed by atoms with Gasteiger partial charge in [-0.3, -0.25) is 9.48 Å². The van der Waals surface area contributed by atoms with Crippen molar-refractivity contribution in [1.82, 2.24) is 14.7 Å². The Morgan fingerprint density at radius 3 is 2.40 bits per heavy atom. The van der Waals surface area contributed by atoms with Crippen LogP contribution in [0.5, 0.6) is 0 Å². The standard InChI is InChI=1S/C29H35Cl2FN4O4/c1-17-19-9-8-18(14-22(19)34-36(17)15-23(37)39-27(2,3)4)33-29(24-21(32)11-10-20(30)25(24)31)12-13-35(16-29)26(38)40-28(5,6)7/h8-11,14,33H,12-13,15-16H2,1-7H3. The lowest BCUT2D eigenvalue weighted by Crippen LogP contribution is -2.42. The van der Waals surface area contributed by atoms with Gasteiger partial charge < -0.3 is 19.7 Å². The zero-order valence-corrected chi connectivity index (χ0v) is 25.3. The van der Waals surface area contributed by atoms with Gasteiger partial charge in [0.25, 0.3) is 0 Å². The van der Waals surface area contributed by atoms with Crippen molar-refractivity contribution in [2.24, 2.45) is 0 Å². The van der Waals surface area contributed by atoms with E-state index in [0.29, 0.717) is 24.2 Å². The quantitative estimate of drug-likeness (QED) is 0.251. The van der Waals surface area contributed by atoms with E-state index in [1.807, 2.05) is 45.9 Å². The molecule has 2 aromatic carbocycles. The van der Waals surface area contributed by atoms with Crippen molar-refractivity contribution in [2.75, 3.05) is 18.4 Å². The Morgan fingerprint density at radius 2 is 1.75 bits per heavy atom. The Morgan fingerprint density at radius 1 is 1.07 bits per heavy atom. The van der Waals surface area contributed by atoms with Gasteiger partial charge in [0.2, 0.25) is 0 Å². The minimum absolute atomic E-state index is 0.0291. The summed E-state index contributed by atoms with van der Waals surface area (Å²) in [5, 5.41) is 9.21. The molecule has 0 aliphatic carbocycles. The first-order valence-electron chi connectivity index (χ1n) is 13.1. The highest BCUT2D eigenvalue weighted by atomic mass is 35.5. The number of carbonyl (C=O) groups excluding carboxylic acids is 2. The molecule has 40 heavy (non-hydrogen) atoms. The maximum Gasteiger partial charge on any atom is 0.410 e. The van der Waals surface area contributed by atoms with E-state index in [9.17, 15) is 9.59 Å². The highest BCUT2D eigenvalue weighted by Crippen LogP contribution is 2.43. The number of ether oxygens (including phenoxy) is 2. The highest BCUT2D eigenvalue weighted by Gasteiger charge is 2.46. The third kappa shape index (κ3) is 6.47. The number of fused-ring (bicyclic) bond motifs is 1. The van der Waals surface area contributed by atoms with Crippen LogP contribution >= 0.6 is 23.2 Å². The molecule has 0 spiro atoms. The zero-order valence-electron chi connectivity index (χ0n) is 23.8. The molecule has 8 nitrogen and oxygen atoms in total. The first kappa shape index (κ1) is 29.9. The van der Waals surface area contributed by atoms with Crippen molar-refractivity contribution in [3.63, 3.8) is 0 Å². The van der Waals surface area contributed by atoms with Crippen LogP contribution in [-0.4, -0.2) is 51.0 Å². The number of anilines is 1. The first-order chi connectivity index (χ1) is 18.5. The lowest BCUT2D eigenvalue weighted by Gasteiger charge is -2.34. The average molecular weight is 594 g/mol. The summed E-state index contributed by atoms with van der Waals surface area (Å²) in [6, 6.07) is 8.23. The van der Waals surface area contributed by atoms with Crippen molar-refractivity contribution < 1.29 is 23.5 Å². The second kappa shape index (κ2) is 10.7. The lowest BCUT2D eigenvalue weighted by atomic mass is 9.87. The van der Waals surface area contributed by atoms with Gasteiger partial charge in [-0.25, -0.2) is 9.18 Å². The fourth-order valence-corrected chi connectivity index (χ4v) is 5.39. The number of benzene rings is 2. The van der Waals surface area contributed by atoms with Gasteiger partial charge in [-0.05, 0) is 85.2 Å². The van der Waals surface area contributed by atoms with Crippen LogP contribution in [0, 0.1) is 12.7 Å². The van der Waals surface area contributed by atoms with Gasteiger partial charge in [-0.1, -0.05) is 23.2 Å². The molecule has 0 saturated carbocycles. The lowest BCUT2D eigenvalue weighted by molar-refractivity contribution is -0.155. The second-order valence-electron chi connectivity index (χ2n) is 12.1. The van der Waals surface area contributed by atoms with E-state index < -0.39 is 28.7 Å². The van der Waals surface area contributed by atoms with Gasteiger partial charge in [-0.15, -0.1) is 0 Å². The summed E-state index contributed by atoms with van der Waals surface area (Å²) in [7, 11) is 0. The van der Waals surface area contributed by atoms with Gasteiger partial charge in [0.1, 0.15) is 23.6 Å². The monoisotopic (exact) mass is 592 g/mol. The number of aryl methyl sites for hydroxylation is 1. The molecule has 1 N–H and O–H groups in total. The molecule has 11 heteroatoms. The summed E-state index contributed by atoms with van der Waals surface area (Å²) in [5.74, 6) is -0.925. The number of aromatic nitrogens is 2. The molecule has 216 valence electrons. The van der Waals surface area contributed by atoms with E-state index in [-0.39, 0.29) is 34.7 Å². The summed E-state index contributed by atoms with van der Waals surface area (Å²) in [5.41, 5.74) is -0.117. The number of amides is 1. The molecule has 0 bridgehead atoms. The van der Waals surface area contributed by atoms with E-state index in [0.717, 1.165) is 11.1 Å². The Kier molecular flexibility index (Phi) is 8.04. The molecule has 4 rings (SSSR count). The summed E-state index contributed by atoms with van der Waals surface area (Å²) < 4.78 is 28.0. The van der Waals surface area contributed by atoms with E-state index in [1.165, 1.54) is 17.0 Å². The largest absolute Gasteiger partial charge is 0.459 e. The number of nitrogens with one attached hydrogen (secondary N) is 1. The van der Waals surface area contributed by atoms with E-state index >= 15 is 4.39 Å². The van der Waals surface area contributed by atoms with Crippen molar-refractivity contribution >= 4 is 51.9 Å². The van der Waals surface area contributed by atoms with Gasteiger partial charge >= 0.3 is 12.1 Å². The Bertz CT molecular complexity index is 1460. The fourth-order valence-electron chi connectivity index (χ4n) is 4.89. The highest BCUT2D eigenvalue weighted by molar-refractivity contribution is 6.42. The van der Waals surface area contributed by atoms with Crippen LogP contribution in [-0.2, 0) is 26.4 Å². The first-order valence-corrected chi connectivity index (χ1v) is 13.8. The normalized spacial score (nSPS) is 17.8. The van der Waals surface area contributed by atoms with Crippen LogP contribution in [0.15, 0.2) is 30.3 Å². The molecule has 1 unspecified atom stereocenters. The minimum atomic E-state index is -1.09. The molecule has 1 saturated heterocycles. The topological polar surface area (TPSA) is 85.7 Å². The molecule has 1 amide bonds. The van der Waals surface area contributed by atoms with Crippen molar-refractivity contribution in [3.8, 4) is 0 Å². The molecular formula is C29H35Cl2FN4O4. The minimum Gasteiger partial charge on any atom is -0.459 e. The van der Waals surface area contributed by atoms with E-state index in [4.69, 9.17) is 32.7 Å². The summed E-state index contributed by atoms with van der Waals surface area (Å²) in [4.78, 5) is 26.9. The van der Waals surface area contributed by atoms with Gasteiger partial charge in [0.15, 0.2) is 0 Å². The number of likely N-dealkylation sites (tertiary alicyclic amines) is 1. The molecule has 1 aromatic heterocycles. The number of nitrogens with zero attached hydrogens (tertiary/aromatic N) is 3. The summed E-state index contributed by atoms with van der Waals surface area (Å²) in [6.45, 7) is 13.1. The third-order valence-corrected chi connectivity index (χ3v) is 7.33. The second-order valence-corrected chi connectivity index (χ2v) is 12.9. The molecule has 1 fully saturated rings. The Balaban J connectivity index is 1.70. The van der Waals surface area contributed by atoms with Gasteiger partial charge in [-0.2, -0.15) is 5.10 Å². The number of halogens is 3. The SMILES string of the molecule is Cc1c2ccc(NC3(c4c(F)ccc(Cl)c4Cl)CCN(C(=O)OC(C)(C)C)C3)cc2nn1CC(=O)OC(C)(C)C. The van der Waals surface area contributed by atoms with Crippen LogP contribution in [0.4, 0.5) is 14.9 Å². The van der Waals surface area contributed by atoms with Crippen LogP contribution in [0.2, 0.25) is 10.0 Å². The fraction of sp³-hybridized carbons (Fsp3) is 0.483. The molecular weight excluding hydrogens is 558 g/mol. The Labute approximate surface area is 243 Å². The zero-order chi connectivity index (χ0) is 29.6. The predicted molar refractivity (Wildman–Crippen MR) is 154 cm³/mol. The van der Waals surface area contributed by atoms with Crippen LogP contribution in [0.1, 0.15) is 59.2 Å². The van der Waals surface area contributed by atoms with Crippen LogP contribution in [0.3, 0.4) is 0 Å². The average Bonchev–Trinajstić information content (AvgIpc) is 3.36. The number of esters is 1. The molecule has 1 aliphatic heterocycles. The van der Waals surface area contributed by atoms with Crippen molar-refractivity contribution in [3.05, 3.63) is 57.5 Å². The number of hydrogen-bond acceptors (Lipinski definition) is 6. The third-order valence-electron chi connectivity index (χ3n) is 6.53. The molecule has 3 aromatic rings. The van der Waals surface area contributed by atoms with Gasteiger partial charge in [0, 0.05) is 28.9 Å². The summed E-state index contributed by atoms with van der Waals surface area (Å²) in [6.07, 6.45) is -0.144. The molecule has 1 aliphatic rings.